The zero-order valence-electron chi connectivity index (χ0n) is 11.9. The third kappa shape index (κ3) is 2.97. The molecule has 1 N–H and O–H groups in total. The molecule has 0 fully saturated rings. The molecule has 108 valence electrons. The number of amides is 1. The van der Waals surface area contributed by atoms with Crippen LogP contribution < -0.4 is 5.32 Å². The summed E-state index contributed by atoms with van der Waals surface area (Å²) in [6.07, 6.45) is 2.64. The van der Waals surface area contributed by atoms with Crippen molar-refractivity contribution in [2.45, 2.75) is 19.4 Å². The first-order chi connectivity index (χ1) is 10.2. The van der Waals surface area contributed by atoms with Crippen LogP contribution in [0.15, 0.2) is 47.1 Å². The molecule has 0 aliphatic rings. The lowest BCUT2D eigenvalue weighted by atomic mass is 10.2. The van der Waals surface area contributed by atoms with Crippen LogP contribution in [0.25, 0.3) is 11.0 Å². The van der Waals surface area contributed by atoms with Gasteiger partial charge in [-0.15, -0.1) is 0 Å². The first-order valence-electron chi connectivity index (χ1n) is 6.93. The van der Waals surface area contributed by atoms with Crippen molar-refractivity contribution in [1.82, 2.24) is 14.9 Å². The van der Waals surface area contributed by atoms with E-state index < -0.39 is 0 Å². The van der Waals surface area contributed by atoms with Crippen LogP contribution in [0.1, 0.15) is 18.0 Å². The molecule has 2 heterocycles. The van der Waals surface area contributed by atoms with Crippen molar-refractivity contribution in [3.63, 3.8) is 0 Å². The van der Waals surface area contributed by atoms with Crippen molar-refractivity contribution in [1.29, 1.82) is 0 Å². The van der Waals surface area contributed by atoms with Gasteiger partial charge >= 0.3 is 0 Å². The van der Waals surface area contributed by atoms with Gasteiger partial charge in [-0.2, -0.15) is 0 Å². The molecular weight excluding hydrogens is 266 g/mol. The number of fused-ring (bicyclic) bond motifs is 1. The van der Waals surface area contributed by atoms with Gasteiger partial charge in [-0.3, -0.25) is 4.79 Å². The van der Waals surface area contributed by atoms with Gasteiger partial charge in [-0.1, -0.05) is 12.1 Å². The first-order valence-corrected chi connectivity index (χ1v) is 6.93. The molecule has 5 heteroatoms. The van der Waals surface area contributed by atoms with E-state index in [4.69, 9.17) is 4.42 Å². The summed E-state index contributed by atoms with van der Waals surface area (Å²) in [5.74, 6) is 1.67. The van der Waals surface area contributed by atoms with Crippen LogP contribution in [0.2, 0.25) is 0 Å². The number of aryl methyl sites for hydroxylation is 2. The molecule has 3 rings (SSSR count). The number of furan rings is 1. The summed E-state index contributed by atoms with van der Waals surface area (Å²) >= 11 is 0. The largest absolute Gasteiger partial charge is 0.469 e. The fourth-order valence-corrected chi connectivity index (χ4v) is 2.31. The number of carbonyl (C=O) groups excluding carboxylic acids is 1. The molecule has 0 spiro atoms. The van der Waals surface area contributed by atoms with E-state index in [-0.39, 0.29) is 5.91 Å². The van der Waals surface area contributed by atoms with E-state index in [1.54, 1.807) is 6.26 Å². The average Bonchev–Trinajstić information content (AvgIpc) is 3.12. The van der Waals surface area contributed by atoms with Crippen molar-refractivity contribution in [3.05, 3.63) is 54.2 Å². The van der Waals surface area contributed by atoms with Gasteiger partial charge in [0.05, 0.1) is 23.8 Å². The molecule has 0 radical (unpaired) electrons. The van der Waals surface area contributed by atoms with E-state index in [9.17, 15) is 4.79 Å². The zero-order valence-corrected chi connectivity index (χ0v) is 11.9. The quantitative estimate of drug-likeness (QED) is 0.782. The van der Waals surface area contributed by atoms with E-state index in [0.29, 0.717) is 19.4 Å². The maximum atomic E-state index is 11.8. The topological polar surface area (TPSA) is 60.1 Å². The highest BCUT2D eigenvalue weighted by Gasteiger charge is 2.09. The number of nitrogens with zero attached hydrogens (tertiary/aromatic N) is 2. The number of rotatable bonds is 5. The summed E-state index contributed by atoms with van der Waals surface area (Å²) in [4.78, 5) is 16.4. The molecule has 0 saturated heterocycles. The Morgan fingerprint density at radius 1 is 1.29 bits per heavy atom. The van der Waals surface area contributed by atoms with E-state index in [2.05, 4.69) is 10.3 Å². The minimum atomic E-state index is -0.00143. The van der Waals surface area contributed by atoms with Crippen molar-refractivity contribution >= 4 is 16.9 Å². The van der Waals surface area contributed by atoms with Gasteiger partial charge in [0.15, 0.2) is 0 Å². The Kier molecular flexibility index (Phi) is 3.73. The molecule has 1 aromatic carbocycles. The number of nitrogens with one attached hydrogen (secondary N) is 1. The molecule has 0 aliphatic heterocycles. The van der Waals surface area contributed by atoms with Crippen LogP contribution >= 0.6 is 0 Å². The van der Waals surface area contributed by atoms with E-state index in [0.717, 1.165) is 22.6 Å². The lowest BCUT2D eigenvalue weighted by Crippen LogP contribution is -2.24. The number of hydrogen-bond acceptors (Lipinski definition) is 3. The normalized spacial score (nSPS) is 10.9. The second kappa shape index (κ2) is 5.83. The molecule has 0 saturated carbocycles. The summed E-state index contributed by atoms with van der Waals surface area (Å²) in [6, 6.07) is 11.6. The smallest absolute Gasteiger partial charge is 0.220 e. The summed E-state index contributed by atoms with van der Waals surface area (Å²) in [6.45, 7) is 0.433. The second-order valence-corrected chi connectivity index (χ2v) is 4.93. The van der Waals surface area contributed by atoms with Crippen molar-refractivity contribution in [2.24, 2.45) is 7.05 Å². The summed E-state index contributed by atoms with van der Waals surface area (Å²) in [7, 11) is 1.96. The molecule has 0 aliphatic carbocycles. The lowest BCUT2D eigenvalue weighted by molar-refractivity contribution is -0.121. The van der Waals surface area contributed by atoms with Gasteiger partial charge in [0.1, 0.15) is 11.6 Å². The average molecular weight is 283 g/mol. The highest BCUT2D eigenvalue weighted by molar-refractivity contribution is 5.77. The molecule has 21 heavy (non-hydrogen) atoms. The van der Waals surface area contributed by atoms with E-state index >= 15 is 0 Å². The minimum Gasteiger partial charge on any atom is -0.469 e. The Hall–Kier alpha value is -2.56. The van der Waals surface area contributed by atoms with Gasteiger partial charge in [-0.05, 0) is 24.3 Å². The zero-order chi connectivity index (χ0) is 14.7. The standard InChI is InChI=1S/C16H17N3O2/c1-19-14-7-3-2-6-13(14)18-15(19)11-17-16(20)9-8-12-5-4-10-21-12/h2-7,10H,8-9,11H2,1H3,(H,17,20). The molecule has 5 nitrogen and oxygen atoms in total. The summed E-state index contributed by atoms with van der Waals surface area (Å²) in [5.41, 5.74) is 2.01. The van der Waals surface area contributed by atoms with Crippen LogP contribution in [0.4, 0.5) is 0 Å². The van der Waals surface area contributed by atoms with Gasteiger partial charge in [-0.25, -0.2) is 4.98 Å². The highest BCUT2D eigenvalue weighted by atomic mass is 16.3. The van der Waals surface area contributed by atoms with Crippen molar-refractivity contribution < 1.29 is 9.21 Å². The van der Waals surface area contributed by atoms with Gasteiger partial charge < -0.3 is 14.3 Å². The third-order valence-electron chi connectivity index (χ3n) is 3.50. The van der Waals surface area contributed by atoms with Crippen LogP contribution in [-0.4, -0.2) is 15.5 Å². The highest BCUT2D eigenvalue weighted by Crippen LogP contribution is 2.14. The second-order valence-electron chi connectivity index (χ2n) is 4.93. The van der Waals surface area contributed by atoms with Gasteiger partial charge in [0, 0.05) is 19.9 Å². The SMILES string of the molecule is Cn1c(CNC(=O)CCc2ccco2)nc2ccccc21. The number of benzene rings is 1. The number of carbonyl (C=O) groups is 1. The van der Waals surface area contributed by atoms with Crippen LogP contribution in [0.3, 0.4) is 0 Å². The Morgan fingerprint density at radius 3 is 2.90 bits per heavy atom. The number of para-hydroxylation sites is 2. The lowest BCUT2D eigenvalue weighted by Gasteiger charge is -2.05. The Labute approximate surface area is 122 Å². The monoisotopic (exact) mass is 283 g/mol. The number of imidazole rings is 1. The van der Waals surface area contributed by atoms with Gasteiger partial charge in [0.2, 0.25) is 5.91 Å². The van der Waals surface area contributed by atoms with Gasteiger partial charge in [0.25, 0.3) is 0 Å². The Balaban J connectivity index is 1.58. The molecular formula is C16H17N3O2. The number of aromatic nitrogens is 2. The van der Waals surface area contributed by atoms with E-state index in [1.807, 2.05) is 48.0 Å². The van der Waals surface area contributed by atoms with E-state index in [1.165, 1.54) is 0 Å². The van der Waals surface area contributed by atoms with Crippen LogP contribution in [0.5, 0.6) is 0 Å². The molecule has 1 amide bonds. The maximum Gasteiger partial charge on any atom is 0.220 e. The minimum absolute atomic E-state index is 0.00143. The third-order valence-corrected chi connectivity index (χ3v) is 3.50. The summed E-state index contributed by atoms with van der Waals surface area (Å²) < 4.78 is 7.21. The van der Waals surface area contributed by atoms with Crippen molar-refractivity contribution in [2.75, 3.05) is 0 Å². The molecule has 0 unspecified atom stereocenters. The molecule has 2 aromatic heterocycles. The fraction of sp³-hybridized carbons (Fsp3) is 0.250. The predicted octanol–water partition coefficient (Wildman–Crippen LogP) is 2.42. The Bertz CT molecular complexity index is 744. The molecule has 3 aromatic rings. The molecule has 0 atom stereocenters. The van der Waals surface area contributed by atoms with Crippen LogP contribution in [0, 0.1) is 0 Å². The Morgan fingerprint density at radius 2 is 2.14 bits per heavy atom. The van der Waals surface area contributed by atoms with Crippen molar-refractivity contribution in [3.8, 4) is 0 Å². The number of hydrogen-bond donors (Lipinski definition) is 1. The van der Waals surface area contributed by atoms with Crippen LogP contribution in [-0.2, 0) is 24.8 Å². The maximum absolute atomic E-state index is 11.8. The first kappa shape index (κ1) is 13.4. The summed E-state index contributed by atoms with van der Waals surface area (Å²) in [5, 5.41) is 2.90. The predicted molar refractivity (Wildman–Crippen MR) is 79.6 cm³/mol. The fourth-order valence-electron chi connectivity index (χ4n) is 2.31. The molecule has 0 bridgehead atoms.